The van der Waals surface area contributed by atoms with Gasteiger partial charge in [0.15, 0.2) is 0 Å². The molecule has 0 aromatic rings. The van der Waals surface area contributed by atoms with Gasteiger partial charge in [0.1, 0.15) is 5.92 Å². The molecule has 1 aliphatic heterocycles. The van der Waals surface area contributed by atoms with Crippen LogP contribution in [0, 0.1) is 5.92 Å². The van der Waals surface area contributed by atoms with E-state index in [1.54, 1.807) is 0 Å². The van der Waals surface area contributed by atoms with Gasteiger partial charge in [-0.1, -0.05) is 0 Å². The molecule has 7 nitrogen and oxygen atoms in total. The molecule has 14 heavy (non-hydrogen) atoms. The molecule has 0 saturated carbocycles. The first-order chi connectivity index (χ1) is 6.54. The predicted octanol–water partition coefficient (Wildman–Crippen LogP) is -1.47. The van der Waals surface area contributed by atoms with Crippen LogP contribution in [-0.4, -0.2) is 30.9 Å². The van der Waals surface area contributed by atoms with Crippen LogP contribution in [0.3, 0.4) is 0 Å². The Morgan fingerprint density at radius 3 is 2.21 bits per heavy atom. The van der Waals surface area contributed by atoms with Crippen molar-refractivity contribution in [3.05, 3.63) is 0 Å². The van der Waals surface area contributed by atoms with Crippen molar-refractivity contribution in [1.29, 1.82) is 0 Å². The lowest BCUT2D eigenvalue weighted by Gasteiger charge is -2.19. The summed E-state index contributed by atoms with van der Waals surface area (Å²) in [5.74, 6) is -3.46. The quantitative estimate of drug-likeness (QED) is 0.418. The Morgan fingerprint density at radius 2 is 1.79 bits per heavy atom. The number of amides is 4. The van der Waals surface area contributed by atoms with E-state index in [9.17, 15) is 19.2 Å². The van der Waals surface area contributed by atoms with Crippen LogP contribution in [0.25, 0.3) is 0 Å². The number of ether oxygens (including phenoxy) is 1. The van der Waals surface area contributed by atoms with E-state index in [2.05, 4.69) is 4.74 Å². The molecule has 4 amide bonds. The van der Waals surface area contributed by atoms with E-state index in [0.29, 0.717) is 0 Å². The smallest absolute Gasteiger partial charge is 0.328 e. The zero-order valence-corrected chi connectivity index (χ0v) is 7.33. The van der Waals surface area contributed by atoms with Crippen LogP contribution in [-0.2, 0) is 19.1 Å². The second kappa shape index (κ2) is 3.86. The lowest BCUT2D eigenvalue weighted by molar-refractivity contribution is -0.148. The Labute approximate surface area is 78.8 Å². The Kier molecular flexibility index (Phi) is 2.80. The van der Waals surface area contributed by atoms with Crippen molar-refractivity contribution in [3.63, 3.8) is 0 Å². The fourth-order valence-corrected chi connectivity index (χ4v) is 0.984. The molecule has 76 valence electrons. The summed E-state index contributed by atoms with van der Waals surface area (Å²) in [7, 11) is 1.14. The van der Waals surface area contributed by atoms with Crippen molar-refractivity contribution in [3.8, 4) is 0 Å². The summed E-state index contributed by atoms with van der Waals surface area (Å²) in [6.45, 7) is 0. The van der Waals surface area contributed by atoms with Gasteiger partial charge in [-0.3, -0.25) is 25.0 Å². The molecule has 2 N–H and O–H groups in total. The molecule has 0 aliphatic carbocycles. The molecule has 0 aromatic heterocycles. The van der Waals surface area contributed by atoms with Crippen LogP contribution in [0.1, 0.15) is 6.42 Å². The average Bonchev–Trinajstić information content (AvgIpc) is 2.10. The van der Waals surface area contributed by atoms with E-state index in [4.69, 9.17) is 0 Å². The molecule has 1 rings (SSSR count). The third-order valence-corrected chi connectivity index (χ3v) is 1.70. The number of hydrogen-bond acceptors (Lipinski definition) is 5. The summed E-state index contributed by atoms with van der Waals surface area (Å²) in [5, 5.41) is 3.74. The van der Waals surface area contributed by atoms with Crippen molar-refractivity contribution in [2.75, 3.05) is 7.11 Å². The first kappa shape index (κ1) is 10.2. The van der Waals surface area contributed by atoms with Crippen molar-refractivity contribution in [2.24, 2.45) is 5.92 Å². The molecule has 1 fully saturated rings. The van der Waals surface area contributed by atoms with Crippen LogP contribution < -0.4 is 10.6 Å². The van der Waals surface area contributed by atoms with E-state index in [1.165, 1.54) is 0 Å². The Morgan fingerprint density at radius 1 is 1.29 bits per heavy atom. The molecular weight excluding hydrogens is 192 g/mol. The molecule has 0 radical (unpaired) electrons. The fourth-order valence-electron chi connectivity index (χ4n) is 0.984. The number of rotatable bonds is 2. The van der Waals surface area contributed by atoms with Crippen LogP contribution in [0.15, 0.2) is 0 Å². The minimum absolute atomic E-state index is 0.374. The SMILES string of the molecule is COC(=O)CC1C(=O)NC(=O)NC1=O. The summed E-state index contributed by atoms with van der Waals surface area (Å²) in [4.78, 5) is 43.5. The summed E-state index contributed by atoms with van der Waals surface area (Å²) in [6, 6.07) is -0.874. The number of methoxy groups -OCH3 is 1. The highest BCUT2D eigenvalue weighted by molar-refractivity contribution is 6.17. The minimum atomic E-state index is -1.19. The Hall–Kier alpha value is -1.92. The number of nitrogens with one attached hydrogen (secondary N) is 2. The van der Waals surface area contributed by atoms with Gasteiger partial charge in [-0.25, -0.2) is 4.79 Å². The number of imide groups is 2. The number of carbonyl (C=O) groups excluding carboxylic acids is 4. The molecule has 0 aromatic carbocycles. The second-order valence-electron chi connectivity index (χ2n) is 2.64. The van der Waals surface area contributed by atoms with Gasteiger partial charge >= 0.3 is 12.0 Å². The molecule has 0 spiro atoms. The number of urea groups is 1. The van der Waals surface area contributed by atoms with Crippen molar-refractivity contribution >= 4 is 23.8 Å². The van der Waals surface area contributed by atoms with Gasteiger partial charge in [-0.05, 0) is 0 Å². The molecule has 1 aliphatic rings. The number of carbonyl (C=O) groups is 4. The maximum absolute atomic E-state index is 11.1. The molecule has 0 atom stereocenters. The monoisotopic (exact) mass is 200 g/mol. The van der Waals surface area contributed by atoms with E-state index in [-0.39, 0.29) is 6.42 Å². The highest BCUT2D eigenvalue weighted by atomic mass is 16.5. The van der Waals surface area contributed by atoms with E-state index >= 15 is 0 Å². The van der Waals surface area contributed by atoms with Crippen molar-refractivity contribution in [1.82, 2.24) is 10.6 Å². The van der Waals surface area contributed by atoms with Gasteiger partial charge in [0, 0.05) is 0 Å². The van der Waals surface area contributed by atoms with Gasteiger partial charge in [0.2, 0.25) is 11.8 Å². The zero-order chi connectivity index (χ0) is 10.7. The normalized spacial score (nSPS) is 17.4. The maximum Gasteiger partial charge on any atom is 0.328 e. The molecular formula is C7H8N2O5. The molecule has 1 heterocycles. The fraction of sp³-hybridized carbons (Fsp3) is 0.429. The number of hydrogen-bond donors (Lipinski definition) is 2. The first-order valence-electron chi connectivity index (χ1n) is 3.77. The standard InChI is InChI=1S/C7H8N2O5/c1-14-4(10)2-3-5(11)8-7(13)9-6(3)12/h3H,2H2,1H3,(H2,8,9,11,12,13). The predicted molar refractivity (Wildman–Crippen MR) is 41.8 cm³/mol. The Balaban J connectivity index is 2.68. The van der Waals surface area contributed by atoms with Crippen LogP contribution in [0.5, 0.6) is 0 Å². The van der Waals surface area contributed by atoms with Gasteiger partial charge in [0.25, 0.3) is 0 Å². The van der Waals surface area contributed by atoms with Crippen molar-refractivity contribution in [2.45, 2.75) is 6.42 Å². The molecule has 0 unspecified atom stereocenters. The largest absolute Gasteiger partial charge is 0.469 e. The minimum Gasteiger partial charge on any atom is -0.469 e. The Bertz CT molecular complexity index is 291. The highest BCUT2D eigenvalue weighted by Crippen LogP contribution is 2.07. The van der Waals surface area contributed by atoms with E-state index < -0.39 is 29.7 Å². The van der Waals surface area contributed by atoms with E-state index in [0.717, 1.165) is 7.11 Å². The topological polar surface area (TPSA) is 102 Å². The van der Waals surface area contributed by atoms with E-state index in [1.807, 2.05) is 10.6 Å². The van der Waals surface area contributed by atoms with Crippen LogP contribution in [0.2, 0.25) is 0 Å². The second-order valence-corrected chi connectivity index (χ2v) is 2.64. The highest BCUT2D eigenvalue weighted by Gasteiger charge is 2.35. The van der Waals surface area contributed by atoms with Crippen LogP contribution >= 0.6 is 0 Å². The third-order valence-electron chi connectivity index (χ3n) is 1.70. The summed E-state index contributed by atoms with van der Waals surface area (Å²) in [5.41, 5.74) is 0. The van der Waals surface area contributed by atoms with Gasteiger partial charge in [-0.2, -0.15) is 0 Å². The average molecular weight is 200 g/mol. The molecule has 7 heteroatoms. The molecule has 1 saturated heterocycles. The van der Waals surface area contributed by atoms with Gasteiger partial charge < -0.3 is 4.74 Å². The summed E-state index contributed by atoms with van der Waals surface area (Å²) >= 11 is 0. The lowest BCUT2D eigenvalue weighted by atomic mass is 10.0. The number of esters is 1. The summed E-state index contributed by atoms with van der Waals surface area (Å²) < 4.78 is 4.29. The third kappa shape index (κ3) is 2.06. The zero-order valence-electron chi connectivity index (χ0n) is 7.33. The van der Waals surface area contributed by atoms with Gasteiger partial charge in [0.05, 0.1) is 13.5 Å². The van der Waals surface area contributed by atoms with Crippen LogP contribution in [0.4, 0.5) is 4.79 Å². The van der Waals surface area contributed by atoms with Gasteiger partial charge in [-0.15, -0.1) is 0 Å². The lowest BCUT2D eigenvalue weighted by Crippen LogP contribution is -2.56. The summed E-state index contributed by atoms with van der Waals surface area (Å²) in [6.07, 6.45) is -0.374. The first-order valence-corrected chi connectivity index (χ1v) is 3.77. The maximum atomic E-state index is 11.1. The number of barbiturate groups is 1. The molecule has 0 bridgehead atoms. The van der Waals surface area contributed by atoms with Crippen molar-refractivity contribution < 1.29 is 23.9 Å².